The molecule has 0 amide bonds. The Kier molecular flexibility index (Phi) is 3.14. The van der Waals surface area contributed by atoms with Gasteiger partial charge in [0.25, 0.3) is 0 Å². The molecule has 0 radical (unpaired) electrons. The van der Waals surface area contributed by atoms with Crippen LogP contribution >= 0.6 is 0 Å². The van der Waals surface area contributed by atoms with E-state index in [0.717, 1.165) is 5.56 Å². The number of ether oxygens (including phenoxy) is 1. The Bertz CT molecular complexity index is 538. The van der Waals surface area contributed by atoms with Crippen molar-refractivity contribution in [3.8, 4) is 11.6 Å². The molecule has 0 N–H and O–H groups in total. The number of carbonyl (C=O) groups excluding carboxylic acids is 1. The summed E-state index contributed by atoms with van der Waals surface area (Å²) in [5.74, 6) is 0.371. The van der Waals surface area contributed by atoms with Crippen LogP contribution in [0.25, 0.3) is 0 Å². The molecule has 0 fully saturated rings. The molecule has 2 rings (SSSR count). The molecule has 0 bridgehead atoms. The van der Waals surface area contributed by atoms with Gasteiger partial charge in [-0.15, -0.1) is 0 Å². The Morgan fingerprint density at radius 3 is 2.76 bits per heavy atom. The minimum Gasteiger partial charge on any atom is -0.439 e. The van der Waals surface area contributed by atoms with Gasteiger partial charge in [-0.2, -0.15) is 0 Å². The van der Waals surface area contributed by atoms with Gasteiger partial charge in [0.2, 0.25) is 5.88 Å². The van der Waals surface area contributed by atoms with E-state index in [2.05, 4.69) is 4.98 Å². The molecular formula is C13H10FNO2. The molecule has 0 aliphatic rings. The fourth-order valence-corrected chi connectivity index (χ4v) is 1.32. The summed E-state index contributed by atoms with van der Waals surface area (Å²) < 4.78 is 18.4. The largest absolute Gasteiger partial charge is 0.439 e. The maximum Gasteiger partial charge on any atom is 0.219 e. The molecule has 1 aromatic carbocycles. The average Bonchev–Trinajstić information content (AvgIpc) is 2.35. The van der Waals surface area contributed by atoms with E-state index < -0.39 is 0 Å². The molecule has 0 saturated heterocycles. The number of pyridine rings is 1. The van der Waals surface area contributed by atoms with Gasteiger partial charge in [0, 0.05) is 23.9 Å². The van der Waals surface area contributed by atoms with E-state index in [1.807, 2.05) is 6.92 Å². The predicted molar refractivity (Wildman–Crippen MR) is 60.8 cm³/mol. The van der Waals surface area contributed by atoms with Crippen molar-refractivity contribution in [2.24, 2.45) is 0 Å². The highest BCUT2D eigenvalue weighted by Gasteiger charge is 2.04. The molecule has 0 saturated carbocycles. The van der Waals surface area contributed by atoms with Gasteiger partial charge in [0.05, 0.1) is 0 Å². The van der Waals surface area contributed by atoms with E-state index >= 15 is 0 Å². The van der Waals surface area contributed by atoms with Gasteiger partial charge in [-0.25, -0.2) is 9.37 Å². The number of rotatable bonds is 3. The van der Waals surface area contributed by atoms with Crippen LogP contribution in [-0.2, 0) is 0 Å². The lowest BCUT2D eigenvalue weighted by Crippen LogP contribution is -1.92. The van der Waals surface area contributed by atoms with Crippen LogP contribution in [-0.4, -0.2) is 11.3 Å². The molecular weight excluding hydrogens is 221 g/mol. The third-order valence-electron chi connectivity index (χ3n) is 2.26. The van der Waals surface area contributed by atoms with Gasteiger partial charge in [0.15, 0.2) is 6.29 Å². The van der Waals surface area contributed by atoms with Crippen LogP contribution in [0.4, 0.5) is 4.39 Å². The molecule has 0 unspecified atom stereocenters. The zero-order valence-corrected chi connectivity index (χ0v) is 9.18. The summed E-state index contributed by atoms with van der Waals surface area (Å²) in [5.41, 5.74) is 1.28. The minimum absolute atomic E-state index is 0.323. The SMILES string of the molecule is Cc1ccc(F)cc1Oc1ccc(C=O)cn1. The Morgan fingerprint density at radius 1 is 1.29 bits per heavy atom. The molecule has 0 spiro atoms. The number of benzene rings is 1. The van der Waals surface area contributed by atoms with Crippen LogP contribution in [0.3, 0.4) is 0 Å². The second-order valence-corrected chi connectivity index (χ2v) is 3.56. The number of carbonyl (C=O) groups is 1. The zero-order valence-electron chi connectivity index (χ0n) is 9.18. The van der Waals surface area contributed by atoms with Gasteiger partial charge in [-0.3, -0.25) is 4.79 Å². The van der Waals surface area contributed by atoms with Crippen molar-refractivity contribution in [3.05, 3.63) is 53.5 Å². The molecule has 86 valence electrons. The van der Waals surface area contributed by atoms with E-state index in [1.165, 1.54) is 18.3 Å². The summed E-state index contributed by atoms with van der Waals surface area (Å²) in [7, 11) is 0. The number of hydrogen-bond donors (Lipinski definition) is 0. The molecule has 1 heterocycles. The molecule has 4 heteroatoms. The fourth-order valence-electron chi connectivity index (χ4n) is 1.32. The summed E-state index contributed by atoms with van der Waals surface area (Å²) in [6.07, 6.45) is 2.10. The van der Waals surface area contributed by atoms with Crippen LogP contribution in [0.1, 0.15) is 15.9 Å². The summed E-state index contributed by atoms with van der Waals surface area (Å²) in [6, 6.07) is 7.44. The van der Waals surface area contributed by atoms with E-state index in [1.54, 1.807) is 18.2 Å². The highest BCUT2D eigenvalue weighted by atomic mass is 19.1. The minimum atomic E-state index is -0.366. The number of aldehydes is 1. The quantitative estimate of drug-likeness (QED) is 0.762. The van der Waals surface area contributed by atoms with Crippen LogP contribution in [0.5, 0.6) is 11.6 Å². The first kappa shape index (κ1) is 11.3. The average molecular weight is 231 g/mol. The van der Waals surface area contributed by atoms with Gasteiger partial charge in [-0.1, -0.05) is 6.07 Å². The van der Waals surface area contributed by atoms with Crippen molar-refractivity contribution in [2.75, 3.05) is 0 Å². The van der Waals surface area contributed by atoms with Crippen molar-refractivity contribution >= 4 is 6.29 Å². The predicted octanol–water partition coefficient (Wildman–Crippen LogP) is 3.13. The molecule has 0 atom stereocenters. The molecule has 2 aromatic rings. The van der Waals surface area contributed by atoms with Gasteiger partial charge >= 0.3 is 0 Å². The lowest BCUT2D eigenvalue weighted by atomic mass is 10.2. The summed E-state index contributed by atoms with van der Waals surface area (Å²) in [4.78, 5) is 14.4. The number of aryl methyl sites for hydroxylation is 1. The summed E-state index contributed by atoms with van der Waals surface area (Å²) >= 11 is 0. The standard InChI is InChI=1S/C13H10FNO2/c1-9-2-4-11(14)6-12(9)17-13-5-3-10(8-16)7-15-13/h2-8H,1H3. The monoisotopic (exact) mass is 231 g/mol. The van der Waals surface area contributed by atoms with Crippen molar-refractivity contribution in [3.63, 3.8) is 0 Å². The van der Waals surface area contributed by atoms with Crippen LogP contribution in [0.15, 0.2) is 36.5 Å². The van der Waals surface area contributed by atoms with Crippen molar-refractivity contribution < 1.29 is 13.9 Å². The number of aromatic nitrogens is 1. The zero-order chi connectivity index (χ0) is 12.3. The Morgan fingerprint density at radius 2 is 2.12 bits per heavy atom. The second kappa shape index (κ2) is 4.74. The number of nitrogens with zero attached hydrogens (tertiary/aromatic N) is 1. The lowest BCUT2D eigenvalue weighted by Gasteiger charge is -2.07. The maximum absolute atomic E-state index is 13.0. The Balaban J connectivity index is 2.24. The highest BCUT2D eigenvalue weighted by molar-refractivity contribution is 5.74. The van der Waals surface area contributed by atoms with Crippen molar-refractivity contribution in [1.82, 2.24) is 4.98 Å². The highest BCUT2D eigenvalue weighted by Crippen LogP contribution is 2.24. The Labute approximate surface area is 97.9 Å². The maximum atomic E-state index is 13.0. The Hall–Kier alpha value is -2.23. The topological polar surface area (TPSA) is 39.2 Å². The first-order valence-electron chi connectivity index (χ1n) is 5.04. The van der Waals surface area contributed by atoms with Gasteiger partial charge in [-0.05, 0) is 24.6 Å². The fraction of sp³-hybridized carbons (Fsp3) is 0.0769. The van der Waals surface area contributed by atoms with E-state index in [9.17, 15) is 9.18 Å². The number of hydrogen-bond acceptors (Lipinski definition) is 3. The molecule has 0 aliphatic heterocycles. The molecule has 0 aliphatic carbocycles. The molecule has 1 aromatic heterocycles. The van der Waals surface area contributed by atoms with E-state index in [0.29, 0.717) is 23.5 Å². The third-order valence-corrected chi connectivity index (χ3v) is 2.26. The first-order valence-corrected chi connectivity index (χ1v) is 5.04. The third kappa shape index (κ3) is 2.66. The molecule has 3 nitrogen and oxygen atoms in total. The van der Waals surface area contributed by atoms with E-state index in [-0.39, 0.29) is 5.82 Å². The van der Waals surface area contributed by atoms with Crippen LogP contribution in [0, 0.1) is 12.7 Å². The van der Waals surface area contributed by atoms with E-state index in [4.69, 9.17) is 4.74 Å². The summed E-state index contributed by atoms with van der Waals surface area (Å²) in [6.45, 7) is 1.81. The van der Waals surface area contributed by atoms with Crippen LogP contribution < -0.4 is 4.74 Å². The van der Waals surface area contributed by atoms with Crippen molar-refractivity contribution in [2.45, 2.75) is 6.92 Å². The normalized spacial score (nSPS) is 10.0. The van der Waals surface area contributed by atoms with Gasteiger partial charge in [0.1, 0.15) is 11.6 Å². The van der Waals surface area contributed by atoms with Crippen molar-refractivity contribution in [1.29, 1.82) is 0 Å². The van der Waals surface area contributed by atoms with Gasteiger partial charge < -0.3 is 4.74 Å². The van der Waals surface area contributed by atoms with Crippen LogP contribution in [0.2, 0.25) is 0 Å². The first-order chi connectivity index (χ1) is 8.19. The lowest BCUT2D eigenvalue weighted by molar-refractivity contribution is 0.112. The smallest absolute Gasteiger partial charge is 0.219 e. The summed E-state index contributed by atoms with van der Waals surface area (Å²) in [5, 5.41) is 0. The molecule has 17 heavy (non-hydrogen) atoms. The number of halogens is 1. The second-order valence-electron chi connectivity index (χ2n) is 3.56.